The van der Waals surface area contributed by atoms with Gasteiger partial charge in [0.1, 0.15) is 0 Å². The molecule has 0 radical (unpaired) electrons. The second-order valence-corrected chi connectivity index (χ2v) is 7.20. The summed E-state index contributed by atoms with van der Waals surface area (Å²) in [5.74, 6) is -0.0906. The summed E-state index contributed by atoms with van der Waals surface area (Å²) >= 11 is 6.15. The summed E-state index contributed by atoms with van der Waals surface area (Å²) in [6, 6.07) is 7.21. The van der Waals surface area contributed by atoms with E-state index in [0.717, 1.165) is 52.2 Å². The Bertz CT molecular complexity index is 567. The number of nitrogens with zero attached hydrogens (tertiary/aromatic N) is 2. The smallest absolute Gasteiger partial charge is 0.252 e. The Kier molecular flexibility index (Phi) is 5.76. The van der Waals surface area contributed by atoms with Gasteiger partial charge in [-0.1, -0.05) is 23.7 Å². The number of hydrogen-bond donors (Lipinski definition) is 1. The Morgan fingerprint density at radius 2 is 1.88 bits per heavy atom. The van der Waals surface area contributed by atoms with Gasteiger partial charge in [0.15, 0.2) is 0 Å². The molecule has 1 aromatic carbocycles. The van der Waals surface area contributed by atoms with Crippen LogP contribution in [0.25, 0.3) is 0 Å². The van der Waals surface area contributed by atoms with Crippen molar-refractivity contribution in [1.29, 1.82) is 0 Å². The van der Waals surface area contributed by atoms with Crippen molar-refractivity contribution in [3.8, 4) is 0 Å². The van der Waals surface area contributed by atoms with Crippen molar-refractivity contribution in [3.05, 3.63) is 34.9 Å². The Hall–Kier alpha value is -1.14. The second-order valence-electron chi connectivity index (χ2n) is 6.79. The summed E-state index contributed by atoms with van der Waals surface area (Å²) in [6.07, 6.45) is 2.12. The first-order chi connectivity index (χ1) is 11.6. The molecule has 3 rings (SSSR count). The largest absolute Gasteiger partial charge is 0.379 e. The summed E-state index contributed by atoms with van der Waals surface area (Å²) in [6.45, 7) is 6.19. The van der Waals surface area contributed by atoms with E-state index < -0.39 is 0 Å². The van der Waals surface area contributed by atoms with Gasteiger partial charge in [0.05, 0.1) is 23.8 Å². The minimum Gasteiger partial charge on any atom is -0.379 e. The van der Waals surface area contributed by atoms with Gasteiger partial charge in [0.25, 0.3) is 5.91 Å². The fourth-order valence-electron chi connectivity index (χ4n) is 3.66. The number of rotatable bonds is 4. The number of ether oxygens (including phenoxy) is 1. The molecule has 1 N–H and O–H groups in total. The molecule has 6 heteroatoms. The lowest BCUT2D eigenvalue weighted by molar-refractivity contribution is -0.0439. The number of likely N-dealkylation sites (tertiary alicyclic amines) is 1. The molecule has 2 heterocycles. The van der Waals surface area contributed by atoms with Gasteiger partial charge in [-0.25, -0.2) is 0 Å². The van der Waals surface area contributed by atoms with Crippen molar-refractivity contribution in [2.75, 3.05) is 53.0 Å². The van der Waals surface area contributed by atoms with Gasteiger partial charge in [0, 0.05) is 25.2 Å². The van der Waals surface area contributed by atoms with Crippen LogP contribution < -0.4 is 5.32 Å². The summed E-state index contributed by atoms with van der Waals surface area (Å²) in [5.41, 5.74) is 0.567. The first-order valence-electron chi connectivity index (χ1n) is 8.65. The number of halogens is 1. The van der Waals surface area contributed by atoms with Gasteiger partial charge in [-0.15, -0.1) is 0 Å². The monoisotopic (exact) mass is 351 g/mol. The van der Waals surface area contributed by atoms with E-state index in [-0.39, 0.29) is 11.4 Å². The first kappa shape index (κ1) is 17.7. The fraction of sp³-hybridized carbons (Fsp3) is 0.611. The zero-order valence-electron chi connectivity index (χ0n) is 14.3. The highest BCUT2D eigenvalue weighted by molar-refractivity contribution is 6.33. The third-order valence-corrected chi connectivity index (χ3v) is 5.63. The molecule has 2 aliphatic heterocycles. The van der Waals surface area contributed by atoms with Crippen LogP contribution in [0.15, 0.2) is 24.3 Å². The maximum atomic E-state index is 12.5. The Labute approximate surface area is 148 Å². The number of carbonyl (C=O) groups is 1. The van der Waals surface area contributed by atoms with Crippen LogP contribution in [0, 0.1) is 0 Å². The summed E-state index contributed by atoms with van der Waals surface area (Å²) in [7, 11) is 2.16. The highest BCUT2D eigenvalue weighted by atomic mass is 35.5. The van der Waals surface area contributed by atoms with Crippen molar-refractivity contribution in [2.45, 2.75) is 18.4 Å². The van der Waals surface area contributed by atoms with Crippen LogP contribution in [0.2, 0.25) is 5.02 Å². The van der Waals surface area contributed by atoms with Crippen LogP contribution in [-0.2, 0) is 4.74 Å². The zero-order valence-corrected chi connectivity index (χ0v) is 15.0. The molecule has 24 heavy (non-hydrogen) atoms. The summed E-state index contributed by atoms with van der Waals surface area (Å²) in [5, 5.41) is 3.64. The molecule has 0 saturated carbocycles. The van der Waals surface area contributed by atoms with Crippen molar-refractivity contribution < 1.29 is 9.53 Å². The van der Waals surface area contributed by atoms with Gasteiger partial charge in [0.2, 0.25) is 0 Å². The topological polar surface area (TPSA) is 44.8 Å². The van der Waals surface area contributed by atoms with Crippen LogP contribution >= 0.6 is 11.6 Å². The molecule has 0 aliphatic carbocycles. The molecule has 2 saturated heterocycles. The molecule has 0 atom stereocenters. The van der Waals surface area contributed by atoms with Crippen LogP contribution in [-0.4, -0.2) is 74.2 Å². The third-order valence-electron chi connectivity index (χ3n) is 5.30. The molecule has 0 unspecified atom stereocenters. The number of amides is 1. The Morgan fingerprint density at radius 3 is 2.54 bits per heavy atom. The molecule has 1 amide bonds. The van der Waals surface area contributed by atoms with Gasteiger partial charge in [-0.3, -0.25) is 9.69 Å². The molecule has 0 spiro atoms. The SMILES string of the molecule is CN1CCC(CNC(=O)c2ccccc2Cl)(N2CCOCC2)CC1. The number of benzene rings is 1. The zero-order chi connectivity index (χ0) is 17.0. The number of morpholine rings is 1. The summed E-state index contributed by atoms with van der Waals surface area (Å²) < 4.78 is 5.51. The lowest BCUT2D eigenvalue weighted by Gasteiger charge is -2.49. The number of hydrogen-bond acceptors (Lipinski definition) is 4. The molecule has 5 nitrogen and oxygen atoms in total. The van der Waals surface area contributed by atoms with Crippen molar-refractivity contribution >= 4 is 17.5 Å². The van der Waals surface area contributed by atoms with Gasteiger partial charge < -0.3 is 15.0 Å². The maximum absolute atomic E-state index is 12.5. The van der Waals surface area contributed by atoms with Gasteiger partial charge >= 0.3 is 0 Å². The fourth-order valence-corrected chi connectivity index (χ4v) is 3.88. The predicted octanol–water partition coefficient (Wildman–Crippen LogP) is 1.87. The average Bonchev–Trinajstić information content (AvgIpc) is 2.62. The Morgan fingerprint density at radius 1 is 1.21 bits per heavy atom. The maximum Gasteiger partial charge on any atom is 0.252 e. The van der Waals surface area contributed by atoms with Crippen LogP contribution in [0.4, 0.5) is 0 Å². The molecule has 0 bridgehead atoms. The average molecular weight is 352 g/mol. The van der Waals surface area contributed by atoms with Crippen molar-refractivity contribution in [3.63, 3.8) is 0 Å². The highest BCUT2D eigenvalue weighted by Gasteiger charge is 2.40. The van der Waals surface area contributed by atoms with Gasteiger partial charge in [-0.05, 0) is 45.1 Å². The van der Waals surface area contributed by atoms with E-state index in [9.17, 15) is 4.79 Å². The molecule has 2 aliphatic rings. The normalized spacial score (nSPS) is 22.2. The van der Waals surface area contributed by atoms with E-state index >= 15 is 0 Å². The number of piperidine rings is 1. The lowest BCUT2D eigenvalue weighted by atomic mass is 9.85. The van der Waals surface area contributed by atoms with Crippen molar-refractivity contribution in [1.82, 2.24) is 15.1 Å². The molecular weight excluding hydrogens is 326 g/mol. The van der Waals surface area contributed by atoms with E-state index in [1.807, 2.05) is 12.1 Å². The lowest BCUT2D eigenvalue weighted by Crippen LogP contribution is -2.62. The molecular formula is C18H26ClN3O2. The predicted molar refractivity (Wildman–Crippen MR) is 95.6 cm³/mol. The van der Waals surface area contributed by atoms with E-state index in [4.69, 9.17) is 16.3 Å². The van der Waals surface area contributed by atoms with Crippen LogP contribution in [0.5, 0.6) is 0 Å². The van der Waals surface area contributed by atoms with Crippen LogP contribution in [0.1, 0.15) is 23.2 Å². The molecule has 132 valence electrons. The minimum absolute atomic E-state index is 0.0210. The van der Waals surface area contributed by atoms with E-state index in [2.05, 4.69) is 22.2 Å². The molecule has 0 aromatic heterocycles. The minimum atomic E-state index is -0.0906. The molecule has 1 aromatic rings. The van der Waals surface area contributed by atoms with Crippen molar-refractivity contribution in [2.24, 2.45) is 0 Å². The second kappa shape index (κ2) is 7.83. The molecule has 2 fully saturated rings. The van der Waals surface area contributed by atoms with Gasteiger partial charge in [-0.2, -0.15) is 0 Å². The Balaban J connectivity index is 1.70. The van der Waals surface area contributed by atoms with E-state index in [0.29, 0.717) is 17.1 Å². The van der Waals surface area contributed by atoms with Crippen LogP contribution in [0.3, 0.4) is 0 Å². The quantitative estimate of drug-likeness (QED) is 0.899. The van der Waals surface area contributed by atoms with E-state index in [1.54, 1.807) is 12.1 Å². The number of nitrogens with one attached hydrogen (secondary N) is 1. The highest BCUT2D eigenvalue weighted by Crippen LogP contribution is 2.29. The first-order valence-corrected chi connectivity index (χ1v) is 9.03. The standard InChI is InChI=1S/C18H26ClN3O2/c1-21-8-6-18(7-9-21,22-10-12-24-13-11-22)14-20-17(23)15-4-2-3-5-16(15)19/h2-5H,6-14H2,1H3,(H,20,23). The number of carbonyl (C=O) groups excluding carboxylic acids is 1. The third kappa shape index (κ3) is 3.91. The summed E-state index contributed by atoms with van der Waals surface area (Å²) in [4.78, 5) is 17.4. The van der Waals surface area contributed by atoms with E-state index in [1.165, 1.54) is 0 Å².